The van der Waals surface area contributed by atoms with Gasteiger partial charge in [-0.2, -0.15) is 4.98 Å². The Bertz CT molecular complexity index is 1460. The molecule has 206 valence electrons. The number of hydrogen-bond acceptors (Lipinski definition) is 6. The van der Waals surface area contributed by atoms with Crippen molar-refractivity contribution in [2.45, 2.75) is 50.4 Å². The Hall–Kier alpha value is -3.24. The molecule has 1 aromatic heterocycles. The molecule has 2 aliphatic rings. The highest BCUT2D eigenvalue weighted by atomic mass is 32.2. The van der Waals surface area contributed by atoms with Crippen molar-refractivity contribution in [2.24, 2.45) is 0 Å². The number of carbonyl (C=O) groups excluding carboxylic acids is 1. The summed E-state index contributed by atoms with van der Waals surface area (Å²) in [6.07, 6.45) is 0.958. The Labute approximate surface area is 230 Å². The summed E-state index contributed by atoms with van der Waals surface area (Å²) in [7, 11) is 0. The molecule has 0 N–H and O–H groups in total. The van der Waals surface area contributed by atoms with Crippen LogP contribution in [0, 0.1) is 12.7 Å². The van der Waals surface area contributed by atoms with Crippen LogP contribution in [0.4, 0.5) is 14.6 Å². The van der Waals surface area contributed by atoms with Crippen molar-refractivity contribution in [3.8, 4) is 11.1 Å². The van der Waals surface area contributed by atoms with Crippen LogP contribution in [0.3, 0.4) is 0 Å². The molecule has 3 atom stereocenters. The smallest absolute Gasteiger partial charge is 0.350 e. The maximum Gasteiger partial charge on any atom is 0.350 e. The van der Waals surface area contributed by atoms with Crippen molar-refractivity contribution in [1.82, 2.24) is 14.5 Å². The average molecular weight is 555 g/mol. The summed E-state index contributed by atoms with van der Waals surface area (Å²) in [5.41, 5.74) is 3.07. The van der Waals surface area contributed by atoms with Crippen LogP contribution in [0.1, 0.15) is 19.4 Å². The molecule has 39 heavy (non-hydrogen) atoms. The van der Waals surface area contributed by atoms with Crippen molar-refractivity contribution >= 4 is 34.4 Å². The molecule has 3 heterocycles. The quantitative estimate of drug-likeness (QED) is 0.416. The minimum Gasteiger partial charge on any atom is -0.373 e. The Morgan fingerprint density at radius 1 is 1.21 bits per heavy atom. The fourth-order valence-corrected chi connectivity index (χ4v) is 7.16. The van der Waals surface area contributed by atoms with Crippen LogP contribution in [-0.4, -0.2) is 70.7 Å². The van der Waals surface area contributed by atoms with Crippen LogP contribution in [0.5, 0.6) is 0 Å². The zero-order valence-corrected chi connectivity index (χ0v) is 23.1. The summed E-state index contributed by atoms with van der Waals surface area (Å²) in [6, 6.07) is 8.16. The van der Waals surface area contributed by atoms with E-state index < -0.39 is 12.4 Å². The Morgan fingerprint density at radius 2 is 1.90 bits per heavy atom. The number of halogens is 2. The maximum atomic E-state index is 13.8. The zero-order valence-electron chi connectivity index (χ0n) is 22.3. The van der Waals surface area contributed by atoms with Gasteiger partial charge in [0.25, 0.3) is 0 Å². The molecule has 0 spiro atoms. The molecule has 0 unspecified atom stereocenters. The molecule has 1 fully saturated rings. The SMILES string of the molecule is C=CC(=O)N1[C@H](C)CN(c2nc(=O)n3c4c(c(-c5ccc(F)cc5)c(C)cc24)SC[C@@H](OCCF)C3)C[C@@H]1C. The van der Waals surface area contributed by atoms with Crippen LogP contribution in [0.25, 0.3) is 22.0 Å². The Balaban J connectivity index is 1.70. The van der Waals surface area contributed by atoms with Gasteiger partial charge in [0.1, 0.15) is 18.3 Å². The maximum absolute atomic E-state index is 13.8. The van der Waals surface area contributed by atoms with E-state index in [1.165, 1.54) is 18.2 Å². The molecule has 1 amide bonds. The van der Waals surface area contributed by atoms with Crippen LogP contribution >= 0.6 is 11.8 Å². The molecule has 2 aromatic carbocycles. The third-order valence-electron chi connectivity index (χ3n) is 7.41. The molecule has 10 heteroatoms. The minimum atomic E-state index is -0.605. The standard InChI is InChI=1S/C29H32F2N4O3S/c1-5-24(36)35-18(3)13-33(14-19(35)4)28-23-12-17(2)25(20-6-8-21(31)9-7-20)27-26(23)34(29(37)32-28)15-22(16-39-27)38-11-10-30/h5-9,12,18-19,22H,1,10-11,13-16H2,2-4H3/t18-,19+,22-/m0/s1. The van der Waals surface area contributed by atoms with Gasteiger partial charge in [-0.25, -0.2) is 13.6 Å². The highest BCUT2D eigenvalue weighted by Crippen LogP contribution is 2.43. The van der Waals surface area contributed by atoms with E-state index in [1.807, 2.05) is 31.7 Å². The fourth-order valence-electron chi connectivity index (χ4n) is 5.83. The normalized spacial score (nSPS) is 21.2. The highest BCUT2D eigenvalue weighted by molar-refractivity contribution is 7.99. The number of anilines is 1. The van der Waals surface area contributed by atoms with E-state index in [-0.39, 0.29) is 43.1 Å². The molecule has 5 rings (SSSR count). The molecule has 0 aliphatic carbocycles. The van der Waals surface area contributed by atoms with Crippen molar-refractivity contribution in [3.05, 3.63) is 64.9 Å². The molecule has 0 radical (unpaired) electrons. The van der Waals surface area contributed by atoms with Gasteiger partial charge in [0.05, 0.1) is 24.8 Å². The van der Waals surface area contributed by atoms with Gasteiger partial charge in [-0.1, -0.05) is 18.7 Å². The second-order valence-electron chi connectivity index (χ2n) is 10.2. The van der Waals surface area contributed by atoms with Gasteiger partial charge in [-0.3, -0.25) is 9.36 Å². The number of nitrogens with zero attached hydrogens (tertiary/aromatic N) is 4. The molecule has 7 nitrogen and oxygen atoms in total. The highest BCUT2D eigenvalue weighted by Gasteiger charge is 2.34. The molecule has 2 aliphatic heterocycles. The zero-order chi connectivity index (χ0) is 27.8. The van der Waals surface area contributed by atoms with Gasteiger partial charge in [0.15, 0.2) is 0 Å². The number of rotatable bonds is 6. The number of amides is 1. The minimum absolute atomic E-state index is 0.0433. The molecular weight excluding hydrogens is 522 g/mol. The first-order valence-electron chi connectivity index (χ1n) is 13.1. The Kier molecular flexibility index (Phi) is 7.77. The molecule has 3 aromatic rings. The summed E-state index contributed by atoms with van der Waals surface area (Å²) in [5, 5.41) is 0.828. The lowest BCUT2D eigenvalue weighted by molar-refractivity contribution is -0.130. The van der Waals surface area contributed by atoms with Crippen molar-refractivity contribution in [3.63, 3.8) is 0 Å². The van der Waals surface area contributed by atoms with E-state index in [1.54, 1.807) is 28.5 Å². The number of benzene rings is 2. The topological polar surface area (TPSA) is 67.7 Å². The van der Waals surface area contributed by atoms with Gasteiger partial charge in [0.2, 0.25) is 5.91 Å². The third kappa shape index (κ3) is 5.07. The van der Waals surface area contributed by atoms with Crippen LogP contribution in [0.15, 0.2) is 52.7 Å². The number of carbonyl (C=O) groups is 1. The lowest BCUT2D eigenvalue weighted by atomic mass is 9.97. The lowest BCUT2D eigenvalue weighted by Crippen LogP contribution is -2.58. The Morgan fingerprint density at radius 3 is 2.54 bits per heavy atom. The molecular formula is C29H32F2N4O3S. The van der Waals surface area contributed by atoms with E-state index in [2.05, 4.69) is 16.5 Å². The number of hydrogen-bond donors (Lipinski definition) is 0. The van der Waals surface area contributed by atoms with Gasteiger partial charge in [-0.05, 0) is 56.2 Å². The van der Waals surface area contributed by atoms with Gasteiger partial charge in [-0.15, -0.1) is 11.8 Å². The molecule has 1 saturated heterocycles. The van der Waals surface area contributed by atoms with Crippen LogP contribution in [0.2, 0.25) is 0 Å². The first-order chi connectivity index (χ1) is 18.7. The van der Waals surface area contributed by atoms with Gasteiger partial charge < -0.3 is 14.5 Å². The summed E-state index contributed by atoms with van der Waals surface area (Å²) in [6.45, 7) is 10.2. The monoisotopic (exact) mass is 554 g/mol. The first-order valence-corrected chi connectivity index (χ1v) is 14.1. The predicted molar refractivity (Wildman–Crippen MR) is 151 cm³/mol. The lowest BCUT2D eigenvalue weighted by Gasteiger charge is -2.44. The van der Waals surface area contributed by atoms with Crippen molar-refractivity contribution in [2.75, 3.05) is 37.0 Å². The number of alkyl halides is 1. The van der Waals surface area contributed by atoms with E-state index in [0.29, 0.717) is 24.7 Å². The summed E-state index contributed by atoms with van der Waals surface area (Å²) < 4.78 is 34.1. The predicted octanol–water partition coefficient (Wildman–Crippen LogP) is 4.58. The van der Waals surface area contributed by atoms with E-state index in [4.69, 9.17) is 4.74 Å². The van der Waals surface area contributed by atoms with Gasteiger partial charge >= 0.3 is 5.69 Å². The average Bonchev–Trinajstić information content (AvgIpc) is 3.10. The van der Waals surface area contributed by atoms with Crippen molar-refractivity contribution < 1.29 is 18.3 Å². The van der Waals surface area contributed by atoms with E-state index in [0.717, 1.165) is 32.5 Å². The second-order valence-corrected chi connectivity index (χ2v) is 11.2. The number of ether oxygens (including phenoxy) is 1. The number of thioether (sulfide) groups is 1. The number of aryl methyl sites for hydroxylation is 1. The third-order valence-corrected chi connectivity index (χ3v) is 8.63. The van der Waals surface area contributed by atoms with Crippen LogP contribution in [-0.2, 0) is 16.1 Å². The first kappa shape index (κ1) is 27.3. The summed E-state index contributed by atoms with van der Waals surface area (Å²) in [5.74, 6) is 0.664. The second kappa shape index (κ2) is 11.1. The molecule has 0 saturated carbocycles. The van der Waals surface area contributed by atoms with Gasteiger partial charge in [0, 0.05) is 46.8 Å². The van der Waals surface area contributed by atoms with E-state index in [9.17, 15) is 18.4 Å². The number of piperazine rings is 1. The number of aromatic nitrogens is 2. The largest absolute Gasteiger partial charge is 0.373 e. The molecule has 0 bridgehead atoms. The fraction of sp³-hybridized carbons (Fsp3) is 0.414. The van der Waals surface area contributed by atoms with Crippen LogP contribution < -0.4 is 10.6 Å². The summed E-state index contributed by atoms with van der Waals surface area (Å²) in [4.78, 5) is 35.4. The van der Waals surface area contributed by atoms with E-state index >= 15 is 0 Å². The summed E-state index contributed by atoms with van der Waals surface area (Å²) >= 11 is 1.56. The van der Waals surface area contributed by atoms with Crippen molar-refractivity contribution in [1.29, 1.82) is 0 Å².